The maximum Gasteiger partial charge on any atom is 0.307 e. The second kappa shape index (κ2) is 4.75. The summed E-state index contributed by atoms with van der Waals surface area (Å²) >= 11 is 1.15. The smallest absolute Gasteiger partial charge is 0.299 e. The van der Waals surface area contributed by atoms with Crippen LogP contribution >= 0.6 is 11.3 Å². The maximum absolute atomic E-state index is 13.6. The summed E-state index contributed by atoms with van der Waals surface area (Å²) in [5, 5.41) is 8.79. The van der Waals surface area contributed by atoms with Crippen LogP contribution in [0.1, 0.15) is 21.7 Å². The van der Waals surface area contributed by atoms with Gasteiger partial charge in [0.05, 0.1) is 18.2 Å². The van der Waals surface area contributed by atoms with Gasteiger partial charge in [0.15, 0.2) is 0 Å². The first-order valence-corrected chi connectivity index (χ1v) is 6.20. The summed E-state index contributed by atoms with van der Waals surface area (Å²) in [6, 6.07) is 6.13. The fraction of sp³-hybridized carbons (Fsp3) is 0.231. The molecule has 0 radical (unpaired) electrons. The Morgan fingerprint density at radius 3 is 2.72 bits per heavy atom. The Labute approximate surface area is 108 Å². The SMILES string of the molecule is Cc1sc(=O)n(Cc2cc(C#N)ccc2F)c1C. The fourth-order valence-corrected chi connectivity index (χ4v) is 2.54. The zero-order valence-electron chi connectivity index (χ0n) is 10.0. The molecule has 0 aliphatic carbocycles. The van der Waals surface area contributed by atoms with Crippen LogP contribution in [0.25, 0.3) is 0 Å². The van der Waals surface area contributed by atoms with Gasteiger partial charge in [0.2, 0.25) is 0 Å². The second-order valence-corrected chi connectivity index (χ2v) is 5.18. The molecule has 2 aromatic rings. The number of nitriles is 1. The monoisotopic (exact) mass is 262 g/mol. The zero-order chi connectivity index (χ0) is 13.3. The van der Waals surface area contributed by atoms with E-state index in [-0.39, 0.29) is 11.4 Å². The Morgan fingerprint density at radius 2 is 2.17 bits per heavy atom. The highest BCUT2D eigenvalue weighted by Gasteiger charge is 2.11. The normalized spacial score (nSPS) is 10.3. The fourth-order valence-electron chi connectivity index (χ4n) is 1.71. The van der Waals surface area contributed by atoms with Crippen LogP contribution in [0.15, 0.2) is 23.0 Å². The lowest BCUT2D eigenvalue weighted by Crippen LogP contribution is -2.16. The molecule has 0 N–H and O–H groups in total. The van der Waals surface area contributed by atoms with Crippen LogP contribution in [0, 0.1) is 31.0 Å². The van der Waals surface area contributed by atoms with Crippen molar-refractivity contribution in [1.29, 1.82) is 5.26 Å². The van der Waals surface area contributed by atoms with E-state index in [1.54, 1.807) is 0 Å². The number of aromatic nitrogens is 1. The highest BCUT2D eigenvalue weighted by molar-refractivity contribution is 7.09. The van der Waals surface area contributed by atoms with Crippen LogP contribution in [-0.2, 0) is 6.54 Å². The molecular formula is C13H11FN2OS. The number of hydrogen-bond donors (Lipinski definition) is 0. The Balaban J connectivity index is 2.46. The number of rotatable bonds is 2. The average molecular weight is 262 g/mol. The van der Waals surface area contributed by atoms with Crippen LogP contribution < -0.4 is 4.87 Å². The molecule has 3 nitrogen and oxygen atoms in total. The van der Waals surface area contributed by atoms with Crippen molar-refractivity contribution in [3.8, 4) is 6.07 Å². The van der Waals surface area contributed by atoms with Gasteiger partial charge in [-0.1, -0.05) is 11.3 Å². The van der Waals surface area contributed by atoms with Crippen LogP contribution in [0.2, 0.25) is 0 Å². The molecule has 0 spiro atoms. The van der Waals surface area contributed by atoms with E-state index in [9.17, 15) is 9.18 Å². The van der Waals surface area contributed by atoms with E-state index in [2.05, 4.69) is 0 Å². The molecule has 1 aromatic heterocycles. The van der Waals surface area contributed by atoms with Gasteiger partial charge in [-0.2, -0.15) is 5.26 Å². The highest BCUT2D eigenvalue weighted by atomic mass is 32.1. The molecule has 5 heteroatoms. The molecule has 18 heavy (non-hydrogen) atoms. The Hall–Kier alpha value is -1.93. The lowest BCUT2D eigenvalue weighted by molar-refractivity contribution is 0.595. The summed E-state index contributed by atoms with van der Waals surface area (Å²) < 4.78 is 15.2. The highest BCUT2D eigenvalue weighted by Crippen LogP contribution is 2.15. The maximum atomic E-state index is 13.6. The van der Waals surface area contributed by atoms with E-state index in [4.69, 9.17) is 5.26 Å². The number of halogens is 1. The number of aryl methyl sites for hydroxylation is 1. The first-order chi connectivity index (χ1) is 8.52. The van der Waals surface area contributed by atoms with Crippen molar-refractivity contribution >= 4 is 11.3 Å². The quantitative estimate of drug-likeness (QED) is 0.835. The molecule has 0 aliphatic heterocycles. The third-order valence-electron chi connectivity index (χ3n) is 2.88. The van der Waals surface area contributed by atoms with Gasteiger partial charge >= 0.3 is 4.87 Å². The summed E-state index contributed by atoms with van der Waals surface area (Å²) in [5.41, 5.74) is 1.59. The Morgan fingerprint density at radius 1 is 1.44 bits per heavy atom. The number of hydrogen-bond acceptors (Lipinski definition) is 3. The van der Waals surface area contributed by atoms with Gasteiger partial charge in [-0.25, -0.2) is 4.39 Å². The minimum Gasteiger partial charge on any atom is -0.299 e. The van der Waals surface area contributed by atoms with Gasteiger partial charge in [0, 0.05) is 16.1 Å². The number of thiazole rings is 1. The number of nitrogens with zero attached hydrogens (tertiary/aromatic N) is 2. The standard InChI is InChI=1S/C13H11FN2OS/c1-8-9(2)18-13(17)16(8)7-11-5-10(6-15)3-4-12(11)14/h3-5H,7H2,1-2H3. The van der Waals surface area contributed by atoms with Gasteiger partial charge in [0.1, 0.15) is 5.82 Å². The van der Waals surface area contributed by atoms with E-state index in [1.807, 2.05) is 19.9 Å². The van der Waals surface area contributed by atoms with Crippen LogP contribution in [0.3, 0.4) is 0 Å². The molecule has 0 bridgehead atoms. The van der Waals surface area contributed by atoms with Crippen molar-refractivity contribution < 1.29 is 4.39 Å². The molecule has 0 atom stereocenters. The van der Waals surface area contributed by atoms with Crippen LogP contribution in [-0.4, -0.2) is 4.57 Å². The summed E-state index contributed by atoms with van der Waals surface area (Å²) in [5.74, 6) is -0.399. The van der Waals surface area contributed by atoms with Gasteiger partial charge < -0.3 is 0 Å². The molecule has 1 aromatic carbocycles. The van der Waals surface area contributed by atoms with Crippen molar-refractivity contribution in [3.63, 3.8) is 0 Å². The summed E-state index contributed by atoms with van der Waals surface area (Å²) in [7, 11) is 0. The van der Waals surface area contributed by atoms with Crippen molar-refractivity contribution in [2.75, 3.05) is 0 Å². The largest absolute Gasteiger partial charge is 0.307 e. The summed E-state index contributed by atoms with van der Waals surface area (Å²) in [6.07, 6.45) is 0. The predicted molar refractivity (Wildman–Crippen MR) is 68.3 cm³/mol. The van der Waals surface area contributed by atoms with Crippen molar-refractivity contribution in [2.24, 2.45) is 0 Å². The summed E-state index contributed by atoms with van der Waals surface area (Å²) in [4.78, 5) is 12.5. The van der Waals surface area contributed by atoms with Gasteiger partial charge in [0.25, 0.3) is 0 Å². The van der Waals surface area contributed by atoms with Crippen molar-refractivity contribution in [3.05, 3.63) is 55.4 Å². The van der Waals surface area contributed by atoms with E-state index >= 15 is 0 Å². The lowest BCUT2D eigenvalue weighted by Gasteiger charge is -2.06. The van der Waals surface area contributed by atoms with Gasteiger partial charge in [-0.05, 0) is 32.0 Å². The third kappa shape index (κ3) is 2.20. The lowest BCUT2D eigenvalue weighted by atomic mass is 10.1. The van der Waals surface area contributed by atoms with Crippen molar-refractivity contribution in [1.82, 2.24) is 4.57 Å². The third-order valence-corrected chi connectivity index (χ3v) is 3.88. The molecule has 0 unspecified atom stereocenters. The van der Waals surface area contributed by atoms with Gasteiger partial charge in [-0.3, -0.25) is 9.36 Å². The first kappa shape index (κ1) is 12.5. The molecule has 0 saturated heterocycles. The molecular weight excluding hydrogens is 251 g/mol. The molecule has 92 valence electrons. The first-order valence-electron chi connectivity index (χ1n) is 5.38. The van der Waals surface area contributed by atoms with Crippen molar-refractivity contribution in [2.45, 2.75) is 20.4 Å². The molecule has 2 rings (SSSR count). The molecule has 0 saturated carbocycles. The van der Waals surface area contributed by atoms with E-state index in [0.29, 0.717) is 11.1 Å². The van der Waals surface area contributed by atoms with E-state index in [1.165, 1.54) is 22.8 Å². The topological polar surface area (TPSA) is 45.8 Å². The van der Waals surface area contributed by atoms with Crippen LogP contribution in [0.4, 0.5) is 4.39 Å². The van der Waals surface area contributed by atoms with E-state index < -0.39 is 5.82 Å². The Kier molecular flexibility index (Phi) is 3.30. The van der Waals surface area contributed by atoms with Gasteiger partial charge in [-0.15, -0.1) is 0 Å². The minimum atomic E-state index is -0.399. The average Bonchev–Trinajstić information content (AvgIpc) is 2.58. The Bertz CT molecular complexity index is 694. The number of benzene rings is 1. The van der Waals surface area contributed by atoms with E-state index in [0.717, 1.165) is 21.9 Å². The molecule has 0 aliphatic rings. The minimum absolute atomic E-state index is 0.105. The predicted octanol–water partition coefficient (Wildman–Crippen LogP) is 2.59. The van der Waals surface area contributed by atoms with Crippen LogP contribution in [0.5, 0.6) is 0 Å². The zero-order valence-corrected chi connectivity index (χ0v) is 10.8. The molecule has 0 amide bonds. The molecule has 1 heterocycles. The molecule has 0 fully saturated rings. The second-order valence-electron chi connectivity index (χ2n) is 4.01. The summed E-state index contributed by atoms with van der Waals surface area (Å²) in [6.45, 7) is 3.86.